The molecule has 1 N–H and O–H groups in total. The van der Waals surface area contributed by atoms with E-state index in [-0.39, 0.29) is 18.5 Å². The summed E-state index contributed by atoms with van der Waals surface area (Å²) in [5.74, 6) is 1.83. The van der Waals surface area contributed by atoms with Crippen LogP contribution in [0.2, 0.25) is 0 Å². The number of carbonyl (C=O) groups is 1. The minimum atomic E-state index is -1.29. The average molecular weight is 349 g/mol. The number of hydrogen-bond acceptors (Lipinski definition) is 4. The zero-order chi connectivity index (χ0) is 17.9. The Balaban J connectivity index is 1.69. The Kier molecular flexibility index (Phi) is 5.62. The molecule has 0 aromatic heterocycles. The second-order valence-electron chi connectivity index (χ2n) is 7.39. The van der Waals surface area contributed by atoms with Crippen LogP contribution in [0, 0.1) is 11.8 Å². The zero-order valence-electron chi connectivity index (χ0n) is 15.1. The molecule has 1 aliphatic heterocycles. The maximum Gasteiger partial charge on any atom is 0.306 e. The van der Waals surface area contributed by atoms with E-state index in [0.717, 1.165) is 18.4 Å². The molecular formula is C20H28FNO3. The highest BCUT2D eigenvalue weighted by atomic mass is 19.1. The summed E-state index contributed by atoms with van der Waals surface area (Å²) in [6.07, 6.45) is 3.16. The third-order valence-electron chi connectivity index (χ3n) is 5.61. The van der Waals surface area contributed by atoms with Gasteiger partial charge in [0.1, 0.15) is 12.4 Å². The molecule has 4 nitrogen and oxygen atoms in total. The van der Waals surface area contributed by atoms with Crippen molar-refractivity contribution in [3.8, 4) is 5.75 Å². The fraction of sp³-hybridized carbons (Fsp3) is 0.650. The van der Waals surface area contributed by atoms with Crippen molar-refractivity contribution in [2.45, 2.75) is 44.2 Å². The fourth-order valence-electron chi connectivity index (χ4n) is 3.90. The SMILES string of the molecule is CC[C@H]1CC1[C@H](CC(=O)OC)c1cccc(OCC2(F)CCNC2)c1. The number of benzene rings is 1. The lowest BCUT2D eigenvalue weighted by Gasteiger charge is -2.20. The number of nitrogens with one attached hydrogen (secondary N) is 1. The van der Waals surface area contributed by atoms with Gasteiger partial charge in [0.15, 0.2) is 5.67 Å². The first-order valence-corrected chi connectivity index (χ1v) is 9.24. The molecule has 5 heteroatoms. The molecule has 1 aromatic rings. The Hall–Kier alpha value is -1.62. The summed E-state index contributed by atoms with van der Waals surface area (Å²) in [4.78, 5) is 11.8. The van der Waals surface area contributed by atoms with Gasteiger partial charge in [-0.2, -0.15) is 0 Å². The predicted molar refractivity (Wildman–Crippen MR) is 94.5 cm³/mol. The maximum absolute atomic E-state index is 14.5. The monoisotopic (exact) mass is 349 g/mol. The molecule has 0 bridgehead atoms. The first-order chi connectivity index (χ1) is 12.0. The molecular weight excluding hydrogens is 321 g/mol. The van der Waals surface area contributed by atoms with Gasteiger partial charge in [0, 0.05) is 6.54 Å². The van der Waals surface area contributed by atoms with E-state index in [1.165, 1.54) is 7.11 Å². The number of alkyl halides is 1. The maximum atomic E-state index is 14.5. The second-order valence-corrected chi connectivity index (χ2v) is 7.39. The summed E-state index contributed by atoms with van der Waals surface area (Å²) in [5, 5.41) is 3.03. The lowest BCUT2D eigenvalue weighted by atomic mass is 9.89. The molecule has 4 atom stereocenters. The zero-order valence-corrected chi connectivity index (χ0v) is 15.1. The molecule has 1 saturated carbocycles. The fourth-order valence-corrected chi connectivity index (χ4v) is 3.90. The predicted octanol–water partition coefficient (Wildman–Crippen LogP) is 3.46. The topological polar surface area (TPSA) is 47.6 Å². The van der Waals surface area contributed by atoms with Gasteiger partial charge in [-0.25, -0.2) is 4.39 Å². The van der Waals surface area contributed by atoms with Crippen molar-refractivity contribution in [2.24, 2.45) is 11.8 Å². The van der Waals surface area contributed by atoms with E-state index in [9.17, 15) is 9.18 Å². The Labute approximate surface area is 149 Å². The minimum Gasteiger partial charge on any atom is -0.490 e. The number of ether oxygens (including phenoxy) is 2. The number of carbonyl (C=O) groups excluding carboxylic acids is 1. The molecule has 2 fully saturated rings. The summed E-state index contributed by atoms with van der Waals surface area (Å²) in [7, 11) is 1.43. The molecule has 1 saturated heterocycles. The highest BCUT2D eigenvalue weighted by molar-refractivity contribution is 5.70. The summed E-state index contributed by atoms with van der Waals surface area (Å²) in [6.45, 7) is 3.29. The van der Waals surface area contributed by atoms with Crippen LogP contribution in [0.15, 0.2) is 24.3 Å². The van der Waals surface area contributed by atoms with Crippen molar-refractivity contribution in [2.75, 3.05) is 26.8 Å². The van der Waals surface area contributed by atoms with E-state index in [4.69, 9.17) is 9.47 Å². The van der Waals surface area contributed by atoms with E-state index in [1.54, 1.807) is 0 Å². The second kappa shape index (κ2) is 7.73. The smallest absolute Gasteiger partial charge is 0.306 e. The van der Waals surface area contributed by atoms with Crippen LogP contribution in [0.1, 0.15) is 44.1 Å². The van der Waals surface area contributed by atoms with Crippen molar-refractivity contribution >= 4 is 5.97 Å². The van der Waals surface area contributed by atoms with E-state index < -0.39 is 5.67 Å². The highest BCUT2D eigenvalue weighted by Gasteiger charge is 2.43. The first kappa shape index (κ1) is 18.2. The molecule has 1 aromatic carbocycles. The van der Waals surface area contributed by atoms with Crippen LogP contribution in [0.3, 0.4) is 0 Å². The molecule has 2 aliphatic rings. The summed E-state index contributed by atoms with van der Waals surface area (Å²) in [5.41, 5.74) is -0.202. The van der Waals surface area contributed by atoms with Crippen molar-refractivity contribution in [3.63, 3.8) is 0 Å². The molecule has 25 heavy (non-hydrogen) atoms. The third kappa shape index (κ3) is 4.51. The van der Waals surface area contributed by atoms with Gasteiger partial charge in [-0.05, 0) is 54.8 Å². The molecule has 0 spiro atoms. The third-order valence-corrected chi connectivity index (χ3v) is 5.61. The normalized spacial score (nSPS) is 29.2. The van der Waals surface area contributed by atoms with Crippen LogP contribution < -0.4 is 10.1 Å². The van der Waals surface area contributed by atoms with E-state index in [2.05, 4.69) is 12.2 Å². The molecule has 138 valence electrons. The van der Waals surface area contributed by atoms with Gasteiger partial charge < -0.3 is 14.8 Å². The Bertz CT molecular complexity index is 600. The highest BCUT2D eigenvalue weighted by Crippen LogP contribution is 2.52. The summed E-state index contributed by atoms with van der Waals surface area (Å²) in [6, 6.07) is 7.78. The minimum absolute atomic E-state index is 0.0616. The Morgan fingerprint density at radius 1 is 1.48 bits per heavy atom. The number of hydrogen-bond donors (Lipinski definition) is 1. The average Bonchev–Trinajstić information content (AvgIpc) is 3.29. The van der Waals surface area contributed by atoms with Gasteiger partial charge in [0.05, 0.1) is 13.5 Å². The Morgan fingerprint density at radius 3 is 2.96 bits per heavy atom. The summed E-state index contributed by atoms with van der Waals surface area (Å²) >= 11 is 0. The van der Waals surface area contributed by atoms with Crippen LogP contribution in [0.25, 0.3) is 0 Å². The lowest BCUT2D eigenvalue weighted by molar-refractivity contribution is -0.141. The van der Waals surface area contributed by atoms with E-state index in [0.29, 0.717) is 43.5 Å². The standard InChI is InChI=1S/C20H28FNO3/c1-3-14-10-17(14)18(11-19(23)24-2)15-5-4-6-16(9-15)25-13-20(21)7-8-22-12-20/h4-6,9,14,17-18,22H,3,7-8,10-13H2,1-2H3/t14-,17?,18+,20?/m0/s1. The van der Waals surface area contributed by atoms with Crippen LogP contribution in [0.4, 0.5) is 4.39 Å². The van der Waals surface area contributed by atoms with Crippen molar-refractivity contribution in [1.29, 1.82) is 0 Å². The molecule has 0 amide bonds. The van der Waals surface area contributed by atoms with Crippen molar-refractivity contribution in [1.82, 2.24) is 5.32 Å². The lowest BCUT2D eigenvalue weighted by Crippen LogP contribution is -2.33. The van der Waals surface area contributed by atoms with Crippen LogP contribution in [-0.2, 0) is 9.53 Å². The number of esters is 1. The van der Waals surface area contributed by atoms with Gasteiger partial charge in [-0.1, -0.05) is 25.5 Å². The summed E-state index contributed by atoms with van der Waals surface area (Å²) < 4.78 is 25.1. The quantitative estimate of drug-likeness (QED) is 0.730. The van der Waals surface area contributed by atoms with Crippen LogP contribution in [0.5, 0.6) is 5.75 Å². The van der Waals surface area contributed by atoms with E-state index in [1.807, 2.05) is 24.3 Å². The van der Waals surface area contributed by atoms with Crippen molar-refractivity contribution < 1.29 is 18.7 Å². The van der Waals surface area contributed by atoms with E-state index >= 15 is 0 Å². The molecule has 2 unspecified atom stereocenters. The largest absolute Gasteiger partial charge is 0.490 e. The number of halogens is 1. The van der Waals surface area contributed by atoms with Gasteiger partial charge in [0.25, 0.3) is 0 Å². The number of methoxy groups -OCH3 is 1. The van der Waals surface area contributed by atoms with Gasteiger partial charge in [-0.3, -0.25) is 4.79 Å². The Morgan fingerprint density at radius 2 is 2.32 bits per heavy atom. The molecule has 1 aliphatic carbocycles. The molecule has 1 heterocycles. The molecule has 3 rings (SSSR count). The van der Waals surface area contributed by atoms with Crippen LogP contribution >= 0.6 is 0 Å². The first-order valence-electron chi connectivity index (χ1n) is 9.24. The van der Waals surface area contributed by atoms with Gasteiger partial charge in [0.2, 0.25) is 0 Å². The number of rotatable bonds is 8. The van der Waals surface area contributed by atoms with Crippen LogP contribution in [-0.4, -0.2) is 38.4 Å². The van der Waals surface area contributed by atoms with Gasteiger partial charge in [-0.15, -0.1) is 0 Å². The van der Waals surface area contributed by atoms with Crippen molar-refractivity contribution in [3.05, 3.63) is 29.8 Å². The van der Waals surface area contributed by atoms with Gasteiger partial charge >= 0.3 is 5.97 Å². The molecule has 0 radical (unpaired) electrons.